The summed E-state index contributed by atoms with van der Waals surface area (Å²) in [7, 11) is 0. The van der Waals surface area contributed by atoms with E-state index in [0.717, 1.165) is 11.4 Å². The van der Waals surface area contributed by atoms with E-state index in [1.807, 2.05) is 36.4 Å². The van der Waals surface area contributed by atoms with Crippen LogP contribution in [0.1, 0.15) is 18.4 Å². The molecule has 102 valence electrons. The molecule has 20 heavy (non-hydrogen) atoms. The van der Waals surface area contributed by atoms with E-state index in [9.17, 15) is 0 Å². The number of anilines is 1. The van der Waals surface area contributed by atoms with Gasteiger partial charge in [0.15, 0.2) is 0 Å². The summed E-state index contributed by atoms with van der Waals surface area (Å²) in [6.07, 6.45) is 2.60. The molecule has 0 radical (unpaired) electrons. The lowest BCUT2D eigenvalue weighted by Crippen LogP contribution is -2.17. The van der Waals surface area contributed by atoms with Gasteiger partial charge in [-0.1, -0.05) is 17.7 Å². The summed E-state index contributed by atoms with van der Waals surface area (Å²) in [5, 5.41) is 8.54. The van der Waals surface area contributed by atoms with Gasteiger partial charge >= 0.3 is 0 Å². The molecule has 0 atom stereocenters. The van der Waals surface area contributed by atoms with Crippen molar-refractivity contribution in [1.82, 2.24) is 0 Å². The number of azo groups is 1. The molecule has 2 aromatic rings. The first kappa shape index (κ1) is 12.9. The van der Waals surface area contributed by atoms with Gasteiger partial charge in [-0.15, -0.1) is 0 Å². The predicted octanol–water partition coefficient (Wildman–Crippen LogP) is 5.01. The number of hydrogen-bond donors (Lipinski definition) is 0. The Balaban J connectivity index is 1.69. The standard InChI is InChI=1S/C17H19N3/c1-14-4-6-15(7-5-14)18-19-16-8-10-17(11-9-16)20-12-2-3-13-20/h4-11H,2-3,12-13H2,1H3. The highest BCUT2D eigenvalue weighted by Crippen LogP contribution is 2.24. The van der Waals surface area contributed by atoms with Gasteiger partial charge in [-0.2, -0.15) is 10.2 Å². The second-order valence-electron chi connectivity index (χ2n) is 5.25. The van der Waals surface area contributed by atoms with Gasteiger partial charge in [0.25, 0.3) is 0 Å². The zero-order valence-electron chi connectivity index (χ0n) is 11.8. The summed E-state index contributed by atoms with van der Waals surface area (Å²) in [5.41, 5.74) is 4.31. The molecule has 3 rings (SSSR count). The molecule has 3 heteroatoms. The molecule has 1 fully saturated rings. The third kappa shape index (κ3) is 3.05. The first-order chi connectivity index (χ1) is 9.81. The van der Waals surface area contributed by atoms with E-state index in [1.54, 1.807) is 0 Å². The van der Waals surface area contributed by atoms with Gasteiger partial charge in [0.05, 0.1) is 11.4 Å². The smallest absolute Gasteiger partial charge is 0.0858 e. The lowest BCUT2D eigenvalue weighted by Gasteiger charge is -2.17. The summed E-state index contributed by atoms with van der Waals surface area (Å²) in [6.45, 7) is 4.41. The Morgan fingerprint density at radius 1 is 0.750 bits per heavy atom. The highest BCUT2D eigenvalue weighted by atomic mass is 15.1. The van der Waals surface area contributed by atoms with Crippen LogP contribution in [0.4, 0.5) is 17.1 Å². The lowest BCUT2D eigenvalue weighted by atomic mass is 10.2. The fourth-order valence-electron chi connectivity index (χ4n) is 2.43. The molecule has 0 N–H and O–H groups in total. The van der Waals surface area contributed by atoms with Crippen LogP contribution in [0.15, 0.2) is 58.8 Å². The van der Waals surface area contributed by atoms with Crippen molar-refractivity contribution >= 4 is 17.1 Å². The van der Waals surface area contributed by atoms with E-state index < -0.39 is 0 Å². The Kier molecular flexibility index (Phi) is 3.77. The zero-order valence-corrected chi connectivity index (χ0v) is 11.8. The van der Waals surface area contributed by atoms with Crippen LogP contribution in [0.2, 0.25) is 0 Å². The van der Waals surface area contributed by atoms with E-state index in [-0.39, 0.29) is 0 Å². The lowest BCUT2D eigenvalue weighted by molar-refractivity contribution is 0.949. The van der Waals surface area contributed by atoms with Crippen molar-refractivity contribution in [3.05, 3.63) is 54.1 Å². The number of hydrogen-bond acceptors (Lipinski definition) is 3. The quantitative estimate of drug-likeness (QED) is 0.717. The molecule has 0 unspecified atom stereocenters. The fourth-order valence-corrected chi connectivity index (χ4v) is 2.43. The number of benzene rings is 2. The van der Waals surface area contributed by atoms with Crippen LogP contribution in [-0.2, 0) is 0 Å². The Morgan fingerprint density at radius 3 is 1.80 bits per heavy atom. The van der Waals surface area contributed by atoms with Crippen LogP contribution in [0.25, 0.3) is 0 Å². The van der Waals surface area contributed by atoms with Gasteiger partial charge in [-0.25, -0.2) is 0 Å². The van der Waals surface area contributed by atoms with Gasteiger partial charge < -0.3 is 4.90 Å². The summed E-state index contributed by atoms with van der Waals surface area (Å²) in [6, 6.07) is 16.4. The first-order valence-corrected chi connectivity index (χ1v) is 7.15. The molecular formula is C17H19N3. The molecule has 3 nitrogen and oxygen atoms in total. The minimum atomic E-state index is 0.888. The maximum Gasteiger partial charge on any atom is 0.0858 e. The summed E-state index contributed by atoms with van der Waals surface area (Å²) in [5.74, 6) is 0. The minimum absolute atomic E-state index is 0.888. The van der Waals surface area contributed by atoms with Crippen LogP contribution in [-0.4, -0.2) is 13.1 Å². The van der Waals surface area contributed by atoms with Crippen molar-refractivity contribution in [1.29, 1.82) is 0 Å². The highest BCUT2D eigenvalue weighted by Gasteiger charge is 2.11. The van der Waals surface area contributed by atoms with E-state index in [4.69, 9.17) is 0 Å². The summed E-state index contributed by atoms with van der Waals surface area (Å²) in [4.78, 5) is 2.42. The van der Waals surface area contributed by atoms with E-state index >= 15 is 0 Å². The van der Waals surface area contributed by atoms with Crippen LogP contribution in [0, 0.1) is 6.92 Å². The molecule has 0 aromatic heterocycles. The number of rotatable bonds is 3. The maximum absolute atomic E-state index is 4.28. The molecule has 2 aromatic carbocycles. The van der Waals surface area contributed by atoms with E-state index in [2.05, 4.69) is 34.2 Å². The van der Waals surface area contributed by atoms with Gasteiger partial charge in [0.2, 0.25) is 0 Å². The van der Waals surface area contributed by atoms with Crippen molar-refractivity contribution < 1.29 is 0 Å². The SMILES string of the molecule is Cc1ccc(N=Nc2ccc(N3CCCC3)cc2)cc1. The van der Waals surface area contributed by atoms with Crippen molar-refractivity contribution in [3.8, 4) is 0 Å². The highest BCUT2D eigenvalue weighted by molar-refractivity contribution is 5.53. The Bertz CT molecular complexity index is 579. The second kappa shape index (κ2) is 5.87. The average molecular weight is 265 g/mol. The first-order valence-electron chi connectivity index (χ1n) is 7.15. The van der Waals surface area contributed by atoms with Gasteiger partial charge in [-0.3, -0.25) is 0 Å². The van der Waals surface area contributed by atoms with Gasteiger partial charge in [-0.05, 0) is 56.2 Å². The topological polar surface area (TPSA) is 28.0 Å². The normalized spacial score (nSPS) is 15.2. The number of nitrogens with zero attached hydrogens (tertiary/aromatic N) is 3. The molecule has 1 aliphatic rings. The molecule has 1 heterocycles. The van der Waals surface area contributed by atoms with Crippen molar-refractivity contribution in [2.45, 2.75) is 19.8 Å². The van der Waals surface area contributed by atoms with Crippen LogP contribution in [0.3, 0.4) is 0 Å². The van der Waals surface area contributed by atoms with Gasteiger partial charge in [0.1, 0.15) is 0 Å². The number of aryl methyl sites for hydroxylation is 1. The molecule has 1 saturated heterocycles. The van der Waals surface area contributed by atoms with E-state index in [0.29, 0.717) is 0 Å². The monoisotopic (exact) mass is 265 g/mol. The molecule has 0 amide bonds. The largest absolute Gasteiger partial charge is 0.372 e. The Morgan fingerprint density at radius 2 is 1.25 bits per heavy atom. The zero-order chi connectivity index (χ0) is 13.8. The van der Waals surface area contributed by atoms with Crippen molar-refractivity contribution in [3.63, 3.8) is 0 Å². The Labute approximate surface area is 120 Å². The van der Waals surface area contributed by atoms with Gasteiger partial charge in [0, 0.05) is 18.8 Å². The van der Waals surface area contributed by atoms with Crippen LogP contribution in [0.5, 0.6) is 0 Å². The minimum Gasteiger partial charge on any atom is -0.372 e. The van der Waals surface area contributed by atoms with Crippen molar-refractivity contribution in [2.24, 2.45) is 10.2 Å². The summed E-state index contributed by atoms with van der Waals surface area (Å²) < 4.78 is 0. The third-order valence-corrected chi connectivity index (χ3v) is 3.64. The van der Waals surface area contributed by atoms with Crippen molar-refractivity contribution in [2.75, 3.05) is 18.0 Å². The Hall–Kier alpha value is -2.16. The third-order valence-electron chi connectivity index (χ3n) is 3.64. The van der Waals surface area contributed by atoms with E-state index in [1.165, 1.54) is 37.2 Å². The van der Waals surface area contributed by atoms with Crippen LogP contribution >= 0.6 is 0 Å². The second-order valence-corrected chi connectivity index (χ2v) is 5.25. The molecule has 0 spiro atoms. The molecule has 0 aliphatic carbocycles. The van der Waals surface area contributed by atoms with Crippen LogP contribution < -0.4 is 4.90 Å². The fraction of sp³-hybridized carbons (Fsp3) is 0.294. The molecule has 0 bridgehead atoms. The average Bonchev–Trinajstić information content (AvgIpc) is 3.01. The maximum atomic E-state index is 4.28. The predicted molar refractivity (Wildman–Crippen MR) is 83.2 cm³/mol. The molecule has 0 saturated carbocycles. The molecular weight excluding hydrogens is 246 g/mol. The molecule has 1 aliphatic heterocycles. The summed E-state index contributed by atoms with van der Waals surface area (Å²) >= 11 is 0.